The number of hydrogen-bond acceptors (Lipinski definition) is 5. The zero-order valence-corrected chi connectivity index (χ0v) is 12.9. The van der Waals surface area contributed by atoms with Crippen LogP contribution in [-0.4, -0.2) is 21.1 Å². The fraction of sp³-hybridized carbons (Fsp3) is 0.0667. The maximum atomic E-state index is 13.2. The Bertz CT molecular complexity index is 934. The number of carbonyl (C=O) groups excluding carboxylic acids is 1. The van der Waals surface area contributed by atoms with Gasteiger partial charge in [0, 0.05) is 23.6 Å². The Kier molecular flexibility index (Phi) is 4.43. The molecule has 3 aromatic rings. The van der Waals surface area contributed by atoms with Gasteiger partial charge < -0.3 is 0 Å². The van der Waals surface area contributed by atoms with Gasteiger partial charge in [0.15, 0.2) is 16.8 Å². The van der Waals surface area contributed by atoms with Crippen LogP contribution in [0.2, 0.25) is 0 Å². The quantitative estimate of drug-likeness (QED) is 0.758. The van der Waals surface area contributed by atoms with Crippen LogP contribution in [0.1, 0.15) is 20.9 Å². The smallest absolute Gasteiger partial charge is 0.277 e. The van der Waals surface area contributed by atoms with Gasteiger partial charge >= 0.3 is 0 Å². The number of nitrogens with zero attached hydrogens (tertiary/aromatic N) is 2. The van der Waals surface area contributed by atoms with Gasteiger partial charge in [0.05, 0.1) is 0 Å². The van der Waals surface area contributed by atoms with E-state index in [0.29, 0.717) is 17.1 Å². The number of halogens is 2. The average molecular weight is 348 g/mol. The molecule has 2 heterocycles. The molecule has 24 heavy (non-hydrogen) atoms. The third-order valence-corrected chi connectivity index (χ3v) is 3.96. The van der Waals surface area contributed by atoms with Crippen molar-refractivity contribution in [2.45, 2.75) is 6.42 Å². The molecule has 0 unspecified atom stereocenters. The third kappa shape index (κ3) is 3.69. The Labute approximate surface area is 138 Å². The minimum absolute atomic E-state index is 0.0481. The van der Waals surface area contributed by atoms with E-state index in [1.165, 1.54) is 29.5 Å². The predicted molar refractivity (Wildman–Crippen MR) is 84.1 cm³/mol. The average Bonchev–Trinajstić information content (AvgIpc) is 2.98. The van der Waals surface area contributed by atoms with Gasteiger partial charge in [-0.1, -0.05) is 6.07 Å². The first-order chi connectivity index (χ1) is 11.5. The van der Waals surface area contributed by atoms with Crippen LogP contribution >= 0.6 is 11.3 Å². The fourth-order valence-corrected chi connectivity index (χ4v) is 2.77. The molecule has 0 fully saturated rings. The monoisotopic (exact) mass is 348 g/mol. The standard InChI is InChI=1S/C15H10F2N4O2S/c16-10-2-1-8(6-11(10)17)5-9-7-18-15(24-9)19-14(23)12-3-4-13(22)21-20-12/h1-4,6-7H,5H2,(H,21,22)(H,18,19,23). The Morgan fingerprint density at radius 2 is 2.04 bits per heavy atom. The van der Waals surface area contributed by atoms with E-state index >= 15 is 0 Å². The zero-order valence-electron chi connectivity index (χ0n) is 12.0. The molecule has 0 saturated carbocycles. The van der Waals surface area contributed by atoms with Crippen molar-refractivity contribution < 1.29 is 13.6 Å². The van der Waals surface area contributed by atoms with Gasteiger partial charge in [-0.05, 0) is 23.8 Å². The first-order valence-corrected chi connectivity index (χ1v) is 7.58. The Hall–Kier alpha value is -2.94. The highest BCUT2D eigenvalue weighted by molar-refractivity contribution is 7.15. The maximum absolute atomic E-state index is 13.2. The summed E-state index contributed by atoms with van der Waals surface area (Å²) in [6, 6.07) is 6.16. The zero-order chi connectivity index (χ0) is 17.1. The summed E-state index contributed by atoms with van der Waals surface area (Å²) in [7, 11) is 0. The molecule has 0 spiro atoms. The molecule has 1 amide bonds. The second-order valence-corrected chi connectivity index (χ2v) is 5.93. The summed E-state index contributed by atoms with van der Waals surface area (Å²) in [5.41, 5.74) is 0.235. The number of anilines is 1. The predicted octanol–water partition coefficient (Wildman–Crippen LogP) is 2.35. The minimum Gasteiger partial charge on any atom is -0.296 e. The summed E-state index contributed by atoms with van der Waals surface area (Å²) >= 11 is 1.20. The van der Waals surface area contributed by atoms with Crippen LogP contribution in [0.3, 0.4) is 0 Å². The van der Waals surface area contributed by atoms with Crippen molar-refractivity contribution in [3.63, 3.8) is 0 Å². The largest absolute Gasteiger partial charge is 0.296 e. The number of carbonyl (C=O) groups is 1. The molecule has 0 atom stereocenters. The van der Waals surface area contributed by atoms with Gasteiger partial charge in [0.1, 0.15) is 5.69 Å². The normalized spacial score (nSPS) is 10.6. The van der Waals surface area contributed by atoms with E-state index in [1.807, 2.05) is 0 Å². The Morgan fingerprint density at radius 1 is 1.21 bits per heavy atom. The molecule has 0 bridgehead atoms. The van der Waals surface area contributed by atoms with E-state index < -0.39 is 23.1 Å². The molecule has 0 saturated heterocycles. The van der Waals surface area contributed by atoms with Crippen molar-refractivity contribution in [1.29, 1.82) is 0 Å². The number of H-pyrrole nitrogens is 1. The number of aromatic nitrogens is 3. The molecule has 2 aromatic heterocycles. The topological polar surface area (TPSA) is 87.7 Å². The number of aromatic amines is 1. The van der Waals surface area contributed by atoms with Crippen molar-refractivity contribution >= 4 is 22.4 Å². The maximum Gasteiger partial charge on any atom is 0.277 e. The first kappa shape index (κ1) is 15.9. The van der Waals surface area contributed by atoms with Gasteiger partial charge in [-0.2, -0.15) is 5.10 Å². The van der Waals surface area contributed by atoms with Crippen LogP contribution in [0, 0.1) is 11.6 Å². The summed E-state index contributed by atoms with van der Waals surface area (Å²) in [6.07, 6.45) is 1.91. The molecule has 1 aromatic carbocycles. The van der Waals surface area contributed by atoms with Crippen LogP contribution in [-0.2, 0) is 6.42 Å². The van der Waals surface area contributed by atoms with Crippen LogP contribution < -0.4 is 10.9 Å². The molecule has 122 valence electrons. The van der Waals surface area contributed by atoms with Gasteiger partial charge in [-0.15, -0.1) is 11.3 Å². The van der Waals surface area contributed by atoms with Gasteiger partial charge in [-0.3, -0.25) is 14.9 Å². The van der Waals surface area contributed by atoms with E-state index in [9.17, 15) is 18.4 Å². The summed E-state index contributed by atoms with van der Waals surface area (Å²) in [6.45, 7) is 0. The lowest BCUT2D eigenvalue weighted by molar-refractivity contribution is 0.102. The van der Waals surface area contributed by atoms with Gasteiger partial charge in [0.2, 0.25) is 0 Å². The lowest BCUT2D eigenvalue weighted by atomic mass is 10.1. The van der Waals surface area contributed by atoms with E-state index in [-0.39, 0.29) is 5.69 Å². The SMILES string of the molecule is O=C(Nc1ncc(Cc2ccc(F)c(F)c2)s1)c1ccc(=O)[nH]n1. The number of nitrogens with one attached hydrogen (secondary N) is 2. The molecule has 2 N–H and O–H groups in total. The Morgan fingerprint density at radius 3 is 2.75 bits per heavy atom. The lowest BCUT2D eigenvalue weighted by Crippen LogP contribution is -2.17. The van der Waals surface area contributed by atoms with Gasteiger partial charge in [0.25, 0.3) is 11.5 Å². The molecule has 3 rings (SSSR count). The summed E-state index contributed by atoms with van der Waals surface area (Å²) in [5.74, 6) is -2.32. The molecule has 0 aliphatic rings. The third-order valence-electron chi connectivity index (χ3n) is 3.05. The second kappa shape index (κ2) is 6.67. The lowest BCUT2D eigenvalue weighted by Gasteiger charge is -2.00. The first-order valence-electron chi connectivity index (χ1n) is 6.77. The molecule has 9 heteroatoms. The van der Waals surface area contributed by atoms with Crippen molar-refractivity contribution in [1.82, 2.24) is 15.2 Å². The summed E-state index contributed by atoms with van der Waals surface area (Å²) < 4.78 is 26.1. The van der Waals surface area contributed by atoms with Crippen molar-refractivity contribution in [2.75, 3.05) is 5.32 Å². The second-order valence-electron chi connectivity index (χ2n) is 4.82. The number of rotatable bonds is 4. The summed E-state index contributed by atoms with van der Waals surface area (Å²) in [5, 5.41) is 8.67. The minimum atomic E-state index is -0.908. The number of hydrogen-bond donors (Lipinski definition) is 2. The van der Waals surface area contributed by atoms with Crippen LogP contribution in [0.5, 0.6) is 0 Å². The molecule has 0 aliphatic carbocycles. The highest BCUT2D eigenvalue weighted by Gasteiger charge is 2.11. The van der Waals surface area contributed by atoms with Crippen molar-refractivity contribution in [2.24, 2.45) is 0 Å². The number of amides is 1. The van der Waals surface area contributed by atoms with Gasteiger partial charge in [-0.25, -0.2) is 18.9 Å². The van der Waals surface area contributed by atoms with E-state index in [4.69, 9.17) is 0 Å². The van der Waals surface area contributed by atoms with Crippen molar-refractivity contribution in [3.8, 4) is 0 Å². The molecule has 6 nitrogen and oxygen atoms in total. The van der Waals surface area contributed by atoms with E-state index in [1.54, 1.807) is 6.20 Å². The number of thiazole rings is 1. The highest BCUT2D eigenvalue weighted by Crippen LogP contribution is 2.22. The molecule has 0 radical (unpaired) electrons. The molecular formula is C15H10F2N4O2S. The van der Waals surface area contributed by atoms with E-state index in [0.717, 1.165) is 17.0 Å². The number of benzene rings is 1. The molecule has 0 aliphatic heterocycles. The van der Waals surface area contributed by atoms with Crippen molar-refractivity contribution in [3.05, 3.63) is 74.7 Å². The Balaban J connectivity index is 1.68. The van der Waals surface area contributed by atoms with Crippen LogP contribution in [0.4, 0.5) is 13.9 Å². The van der Waals surface area contributed by atoms with E-state index in [2.05, 4.69) is 20.5 Å². The van der Waals surface area contributed by atoms with Crippen LogP contribution in [0.15, 0.2) is 41.3 Å². The highest BCUT2D eigenvalue weighted by atomic mass is 32.1. The van der Waals surface area contributed by atoms with Crippen LogP contribution in [0.25, 0.3) is 0 Å². The molecular weight excluding hydrogens is 338 g/mol. The fourth-order valence-electron chi connectivity index (χ4n) is 1.93. The summed E-state index contributed by atoms with van der Waals surface area (Å²) in [4.78, 5) is 27.7.